The number of rotatable bonds is 2. The summed E-state index contributed by atoms with van der Waals surface area (Å²) in [6.07, 6.45) is 0. The predicted octanol–water partition coefficient (Wildman–Crippen LogP) is 2.58. The molecule has 0 unspecified atom stereocenters. The molecule has 0 aromatic carbocycles. The molecule has 2 nitrogen and oxygen atoms in total. The van der Waals surface area contributed by atoms with Gasteiger partial charge in [-0.3, -0.25) is 0 Å². The van der Waals surface area contributed by atoms with Crippen LogP contribution in [0.3, 0.4) is 0 Å². The fourth-order valence-corrected chi connectivity index (χ4v) is 1.04. The van der Waals surface area contributed by atoms with Crippen LogP contribution in [0.1, 0.15) is 12.6 Å². The van der Waals surface area contributed by atoms with Gasteiger partial charge in [0.1, 0.15) is 5.82 Å². The average molecular weight is 215 g/mol. The quantitative estimate of drug-likeness (QED) is 0.820. The molecule has 0 fully saturated rings. The van der Waals surface area contributed by atoms with Crippen LogP contribution < -0.4 is 5.32 Å². The second kappa shape index (κ2) is 3.72. The highest BCUT2D eigenvalue weighted by molar-refractivity contribution is 9.10. The van der Waals surface area contributed by atoms with Gasteiger partial charge >= 0.3 is 0 Å². The van der Waals surface area contributed by atoms with Gasteiger partial charge in [-0.15, -0.1) is 0 Å². The topological polar surface area (TPSA) is 24.9 Å². The number of nitrogens with zero attached hydrogens (tertiary/aromatic N) is 1. The molecular formula is C8H11BrN2. The van der Waals surface area contributed by atoms with E-state index >= 15 is 0 Å². The Balaban J connectivity index is 2.86. The largest absolute Gasteiger partial charge is 0.370 e. The number of aromatic nitrogens is 1. The molecule has 3 heteroatoms. The molecule has 0 aliphatic rings. The molecule has 1 aromatic heterocycles. The molecule has 1 heterocycles. The summed E-state index contributed by atoms with van der Waals surface area (Å²) in [5, 5.41) is 3.14. The Morgan fingerprint density at radius 1 is 1.55 bits per heavy atom. The Bertz CT molecular complexity index is 248. The van der Waals surface area contributed by atoms with Crippen molar-refractivity contribution < 1.29 is 0 Å². The Hall–Kier alpha value is -0.570. The number of nitrogens with one attached hydrogen (secondary N) is 1. The lowest BCUT2D eigenvalue weighted by Gasteiger charge is -2.03. The van der Waals surface area contributed by atoms with Crippen molar-refractivity contribution in [3.8, 4) is 0 Å². The summed E-state index contributed by atoms with van der Waals surface area (Å²) in [5.41, 5.74) is 1.02. The van der Waals surface area contributed by atoms with Crippen LogP contribution in [0.4, 0.5) is 5.82 Å². The summed E-state index contributed by atoms with van der Waals surface area (Å²) in [5.74, 6) is 0.938. The third kappa shape index (κ3) is 2.19. The van der Waals surface area contributed by atoms with Gasteiger partial charge in [-0.2, -0.15) is 0 Å². The second-order valence-corrected chi connectivity index (χ2v) is 3.15. The van der Waals surface area contributed by atoms with E-state index in [0.29, 0.717) is 0 Å². The minimum Gasteiger partial charge on any atom is -0.370 e. The van der Waals surface area contributed by atoms with E-state index in [-0.39, 0.29) is 0 Å². The van der Waals surface area contributed by atoms with Crippen LogP contribution in [0.2, 0.25) is 0 Å². The van der Waals surface area contributed by atoms with E-state index in [9.17, 15) is 0 Å². The molecule has 1 rings (SSSR count). The third-order valence-electron chi connectivity index (χ3n) is 1.38. The molecule has 0 bridgehead atoms. The average Bonchev–Trinajstić information content (AvgIpc) is 1.98. The van der Waals surface area contributed by atoms with Crippen LogP contribution >= 0.6 is 15.9 Å². The van der Waals surface area contributed by atoms with E-state index in [1.54, 1.807) is 0 Å². The standard InChI is InChI=1S/C8H11BrN2/c1-3-10-8-5-4-7(9)6(2)11-8/h4-5H,3H2,1-2H3,(H,10,11). The maximum Gasteiger partial charge on any atom is 0.126 e. The predicted molar refractivity (Wildman–Crippen MR) is 50.8 cm³/mol. The molecule has 0 saturated heterocycles. The molecule has 0 amide bonds. The van der Waals surface area contributed by atoms with Crippen molar-refractivity contribution in [3.05, 3.63) is 22.3 Å². The van der Waals surface area contributed by atoms with Crippen molar-refractivity contribution >= 4 is 21.7 Å². The first kappa shape index (κ1) is 8.53. The lowest BCUT2D eigenvalue weighted by Crippen LogP contribution is -1.99. The maximum absolute atomic E-state index is 4.30. The van der Waals surface area contributed by atoms with Crippen LogP contribution in [0.15, 0.2) is 16.6 Å². The van der Waals surface area contributed by atoms with Crippen LogP contribution in [-0.4, -0.2) is 11.5 Å². The van der Waals surface area contributed by atoms with E-state index in [1.165, 1.54) is 0 Å². The van der Waals surface area contributed by atoms with Gasteiger partial charge in [-0.1, -0.05) is 0 Å². The SMILES string of the molecule is CCNc1ccc(Br)c(C)n1. The van der Waals surface area contributed by atoms with Crippen molar-refractivity contribution in [1.29, 1.82) is 0 Å². The molecule has 1 aromatic rings. The fourth-order valence-electron chi connectivity index (χ4n) is 0.824. The zero-order chi connectivity index (χ0) is 8.27. The first-order valence-corrected chi connectivity index (χ1v) is 4.40. The summed E-state index contributed by atoms with van der Waals surface area (Å²) in [4.78, 5) is 4.30. The van der Waals surface area contributed by atoms with Crippen molar-refractivity contribution in [2.75, 3.05) is 11.9 Å². The van der Waals surface area contributed by atoms with Crippen LogP contribution in [0, 0.1) is 6.92 Å². The number of hydrogen-bond donors (Lipinski definition) is 1. The molecule has 60 valence electrons. The van der Waals surface area contributed by atoms with E-state index < -0.39 is 0 Å². The minimum absolute atomic E-state index is 0.911. The highest BCUT2D eigenvalue weighted by Crippen LogP contribution is 2.15. The van der Waals surface area contributed by atoms with E-state index in [1.807, 2.05) is 19.1 Å². The monoisotopic (exact) mass is 214 g/mol. The number of halogens is 1. The van der Waals surface area contributed by atoms with Crippen LogP contribution in [-0.2, 0) is 0 Å². The van der Waals surface area contributed by atoms with Crippen LogP contribution in [0.25, 0.3) is 0 Å². The van der Waals surface area contributed by atoms with Crippen molar-refractivity contribution in [3.63, 3.8) is 0 Å². The number of aryl methyl sites for hydroxylation is 1. The summed E-state index contributed by atoms with van der Waals surface area (Å²) in [7, 11) is 0. The Morgan fingerprint density at radius 3 is 2.82 bits per heavy atom. The molecular weight excluding hydrogens is 204 g/mol. The molecule has 1 N–H and O–H groups in total. The van der Waals surface area contributed by atoms with Gasteiger partial charge < -0.3 is 5.32 Å². The van der Waals surface area contributed by atoms with Crippen molar-refractivity contribution in [1.82, 2.24) is 4.98 Å². The fraction of sp³-hybridized carbons (Fsp3) is 0.375. The molecule has 0 radical (unpaired) electrons. The number of anilines is 1. The van der Waals surface area contributed by atoms with E-state index in [2.05, 4.69) is 33.2 Å². The van der Waals surface area contributed by atoms with Gasteiger partial charge in [-0.25, -0.2) is 4.98 Å². The third-order valence-corrected chi connectivity index (χ3v) is 2.22. The Morgan fingerprint density at radius 2 is 2.27 bits per heavy atom. The highest BCUT2D eigenvalue weighted by Gasteiger charge is 1.96. The van der Waals surface area contributed by atoms with Gasteiger partial charge in [0.05, 0.1) is 5.69 Å². The Labute approximate surface area is 75.2 Å². The molecule has 0 atom stereocenters. The van der Waals surface area contributed by atoms with Crippen molar-refractivity contribution in [2.24, 2.45) is 0 Å². The molecule has 0 spiro atoms. The zero-order valence-corrected chi connectivity index (χ0v) is 8.27. The summed E-state index contributed by atoms with van der Waals surface area (Å²) >= 11 is 3.39. The normalized spacial score (nSPS) is 9.73. The lowest BCUT2D eigenvalue weighted by molar-refractivity contribution is 1.12. The van der Waals surface area contributed by atoms with Gasteiger partial charge in [-0.05, 0) is 41.9 Å². The summed E-state index contributed by atoms with van der Waals surface area (Å²) < 4.78 is 1.05. The molecule has 11 heavy (non-hydrogen) atoms. The lowest BCUT2D eigenvalue weighted by atomic mass is 10.4. The Kier molecular flexibility index (Phi) is 2.88. The first-order valence-electron chi connectivity index (χ1n) is 3.61. The zero-order valence-electron chi connectivity index (χ0n) is 6.69. The van der Waals surface area contributed by atoms with Crippen molar-refractivity contribution in [2.45, 2.75) is 13.8 Å². The van der Waals surface area contributed by atoms with Crippen LogP contribution in [0.5, 0.6) is 0 Å². The number of hydrogen-bond acceptors (Lipinski definition) is 2. The van der Waals surface area contributed by atoms with E-state index in [4.69, 9.17) is 0 Å². The molecule has 0 aliphatic heterocycles. The second-order valence-electron chi connectivity index (χ2n) is 2.29. The maximum atomic E-state index is 4.30. The number of pyridine rings is 1. The smallest absolute Gasteiger partial charge is 0.126 e. The van der Waals surface area contributed by atoms with Gasteiger partial charge in [0.25, 0.3) is 0 Å². The van der Waals surface area contributed by atoms with Gasteiger partial charge in [0, 0.05) is 11.0 Å². The first-order chi connectivity index (χ1) is 5.24. The van der Waals surface area contributed by atoms with Gasteiger partial charge in [0.2, 0.25) is 0 Å². The molecule has 0 saturated carbocycles. The van der Waals surface area contributed by atoms with E-state index in [0.717, 1.165) is 22.5 Å². The minimum atomic E-state index is 0.911. The molecule has 0 aliphatic carbocycles. The summed E-state index contributed by atoms with van der Waals surface area (Å²) in [6.45, 7) is 4.94. The highest BCUT2D eigenvalue weighted by atomic mass is 79.9. The van der Waals surface area contributed by atoms with Gasteiger partial charge in [0.15, 0.2) is 0 Å². The summed E-state index contributed by atoms with van der Waals surface area (Å²) in [6, 6.07) is 3.96.